The van der Waals surface area contributed by atoms with Crippen LogP contribution in [0.5, 0.6) is 17.2 Å². The van der Waals surface area contributed by atoms with Crippen LogP contribution >= 0.6 is 0 Å². The molecule has 0 saturated carbocycles. The van der Waals surface area contributed by atoms with Crippen LogP contribution in [0.15, 0.2) is 36.4 Å². The molecule has 0 fully saturated rings. The SMILES string of the molecule is COc1cc(C#N)cc(Oc2cc(C)ccc2C#N)c1. The molecule has 20 heavy (non-hydrogen) atoms. The molecule has 4 heteroatoms. The second-order valence-electron chi connectivity index (χ2n) is 4.22. The van der Waals surface area contributed by atoms with Gasteiger partial charge in [-0.05, 0) is 36.8 Å². The van der Waals surface area contributed by atoms with Gasteiger partial charge < -0.3 is 9.47 Å². The van der Waals surface area contributed by atoms with Gasteiger partial charge in [-0.2, -0.15) is 10.5 Å². The Labute approximate surface area is 117 Å². The second-order valence-corrected chi connectivity index (χ2v) is 4.22. The summed E-state index contributed by atoms with van der Waals surface area (Å²) in [6.07, 6.45) is 0. The van der Waals surface area contributed by atoms with E-state index >= 15 is 0 Å². The van der Waals surface area contributed by atoms with Crippen LogP contribution in [0.1, 0.15) is 16.7 Å². The van der Waals surface area contributed by atoms with Gasteiger partial charge in [-0.3, -0.25) is 0 Å². The minimum Gasteiger partial charge on any atom is -0.497 e. The molecule has 2 aromatic carbocycles. The van der Waals surface area contributed by atoms with Gasteiger partial charge in [-0.25, -0.2) is 0 Å². The Balaban J connectivity index is 2.42. The van der Waals surface area contributed by atoms with Crippen molar-refractivity contribution in [2.45, 2.75) is 6.92 Å². The van der Waals surface area contributed by atoms with Gasteiger partial charge in [0.15, 0.2) is 0 Å². The molecule has 0 N–H and O–H groups in total. The van der Waals surface area contributed by atoms with Gasteiger partial charge in [-0.1, -0.05) is 6.07 Å². The molecule has 0 unspecified atom stereocenters. The Kier molecular flexibility index (Phi) is 3.88. The number of ether oxygens (including phenoxy) is 2. The average Bonchev–Trinajstić information content (AvgIpc) is 2.47. The van der Waals surface area contributed by atoms with E-state index in [1.54, 1.807) is 30.3 Å². The number of hydrogen-bond donors (Lipinski definition) is 0. The quantitative estimate of drug-likeness (QED) is 0.850. The van der Waals surface area contributed by atoms with Gasteiger partial charge >= 0.3 is 0 Å². The van der Waals surface area contributed by atoms with Gasteiger partial charge in [0.25, 0.3) is 0 Å². The molecule has 0 saturated heterocycles. The molecule has 0 atom stereocenters. The molecule has 4 nitrogen and oxygen atoms in total. The third-order valence-electron chi connectivity index (χ3n) is 2.73. The minimum absolute atomic E-state index is 0.436. The van der Waals surface area contributed by atoms with Crippen molar-refractivity contribution in [1.29, 1.82) is 10.5 Å². The van der Waals surface area contributed by atoms with Crippen LogP contribution in [-0.4, -0.2) is 7.11 Å². The first-order chi connectivity index (χ1) is 9.66. The first-order valence-corrected chi connectivity index (χ1v) is 5.94. The van der Waals surface area contributed by atoms with Gasteiger partial charge in [-0.15, -0.1) is 0 Å². The Bertz CT molecular complexity index is 724. The van der Waals surface area contributed by atoms with Crippen LogP contribution < -0.4 is 9.47 Å². The van der Waals surface area contributed by atoms with Crippen molar-refractivity contribution >= 4 is 0 Å². The molecule has 0 aliphatic heterocycles. The largest absolute Gasteiger partial charge is 0.497 e. The number of methoxy groups -OCH3 is 1. The van der Waals surface area contributed by atoms with Crippen LogP contribution in [0.3, 0.4) is 0 Å². The number of nitrogens with zero attached hydrogens (tertiary/aromatic N) is 2. The lowest BCUT2D eigenvalue weighted by Crippen LogP contribution is -1.92. The highest BCUT2D eigenvalue weighted by Gasteiger charge is 2.07. The van der Waals surface area contributed by atoms with E-state index in [4.69, 9.17) is 20.0 Å². The van der Waals surface area contributed by atoms with Crippen molar-refractivity contribution in [1.82, 2.24) is 0 Å². The molecule has 0 radical (unpaired) electrons. The highest BCUT2D eigenvalue weighted by molar-refractivity contribution is 5.50. The van der Waals surface area contributed by atoms with Gasteiger partial charge in [0.2, 0.25) is 0 Å². The van der Waals surface area contributed by atoms with E-state index in [0.717, 1.165) is 5.56 Å². The Morgan fingerprint density at radius 2 is 1.70 bits per heavy atom. The van der Waals surface area contributed by atoms with Gasteiger partial charge in [0, 0.05) is 6.07 Å². The third-order valence-corrected chi connectivity index (χ3v) is 2.73. The van der Waals surface area contributed by atoms with Crippen molar-refractivity contribution in [2.24, 2.45) is 0 Å². The lowest BCUT2D eigenvalue weighted by Gasteiger charge is -2.10. The summed E-state index contributed by atoms with van der Waals surface area (Å²) >= 11 is 0. The van der Waals surface area contributed by atoms with Crippen molar-refractivity contribution in [2.75, 3.05) is 7.11 Å². The second kappa shape index (κ2) is 5.77. The molecule has 0 bridgehead atoms. The molecule has 0 amide bonds. The van der Waals surface area contributed by atoms with Gasteiger partial charge in [0.05, 0.1) is 24.3 Å². The topological polar surface area (TPSA) is 66.0 Å². The lowest BCUT2D eigenvalue weighted by atomic mass is 10.1. The normalized spacial score (nSPS) is 9.40. The molecule has 0 aromatic heterocycles. The van der Waals surface area contributed by atoms with Crippen LogP contribution in [0.25, 0.3) is 0 Å². The smallest absolute Gasteiger partial charge is 0.145 e. The molecule has 2 aromatic rings. The fraction of sp³-hybridized carbons (Fsp3) is 0.125. The molecule has 2 rings (SSSR count). The Morgan fingerprint density at radius 1 is 0.950 bits per heavy atom. The zero-order valence-electron chi connectivity index (χ0n) is 11.2. The summed E-state index contributed by atoms with van der Waals surface area (Å²) in [5.41, 5.74) is 1.87. The van der Waals surface area contributed by atoms with E-state index < -0.39 is 0 Å². The number of nitriles is 2. The average molecular weight is 264 g/mol. The number of hydrogen-bond acceptors (Lipinski definition) is 4. The van der Waals surface area contributed by atoms with E-state index in [-0.39, 0.29) is 0 Å². The van der Waals surface area contributed by atoms with Crippen LogP contribution in [-0.2, 0) is 0 Å². The van der Waals surface area contributed by atoms with Crippen LogP contribution in [0.2, 0.25) is 0 Å². The van der Waals surface area contributed by atoms with Crippen molar-refractivity contribution < 1.29 is 9.47 Å². The number of aryl methyl sites for hydroxylation is 1. The highest BCUT2D eigenvalue weighted by Crippen LogP contribution is 2.29. The summed E-state index contributed by atoms with van der Waals surface area (Å²) in [6, 6.07) is 14.3. The van der Waals surface area contributed by atoms with E-state index in [1.165, 1.54) is 7.11 Å². The summed E-state index contributed by atoms with van der Waals surface area (Å²) in [5, 5.41) is 18.1. The fourth-order valence-corrected chi connectivity index (χ4v) is 1.75. The zero-order valence-corrected chi connectivity index (χ0v) is 11.2. The summed E-state index contributed by atoms with van der Waals surface area (Å²) in [6.45, 7) is 1.92. The monoisotopic (exact) mass is 264 g/mol. The van der Waals surface area contributed by atoms with E-state index in [9.17, 15) is 0 Å². The number of benzene rings is 2. The van der Waals surface area contributed by atoms with E-state index in [0.29, 0.717) is 28.4 Å². The van der Waals surface area contributed by atoms with Crippen molar-refractivity contribution in [3.05, 3.63) is 53.1 Å². The minimum atomic E-state index is 0.436. The Morgan fingerprint density at radius 3 is 2.35 bits per heavy atom. The maximum atomic E-state index is 9.08. The molecule has 0 aliphatic rings. The first kappa shape index (κ1) is 13.5. The fourth-order valence-electron chi connectivity index (χ4n) is 1.75. The summed E-state index contributed by atoms with van der Waals surface area (Å²) in [4.78, 5) is 0. The third kappa shape index (κ3) is 2.88. The van der Waals surface area contributed by atoms with E-state index in [2.05, 4.69) is 6.07 Å². The molecular weight excluding hydrogens is 252 g/mol. The summed E-state index contributed by atoms with van der Waals surface area (Å²) in [7, 11) is 1.52. The molecule has 98 valence electrons. The molecule has 0 spiro atoms. The summed E-state index contributed by atoms with van der Waals surface area (Å²) < 4.78 is 10.8. The Hall–Kier alpha value is -2.98. The van der Waals surface area contributed by atoms with Crippen molar-refractivity contribution in [3.63, 3.8) is 0 Å². The van der Waals surface area contributed by atoms with E-state index in [1.807, 2.05) is 19.1 Å². The van der Waals surface area contributed by atoms with Crippen LogP contribution in [0.4, 0.5) is 0 Å². The van der Waals surface area contributed by atoms with Gasteiger partial charge in [0.1, 0.15) is 23.3 Å². The predicted molar refractivity (Wildman–Crippen MR) is 73.7 cm³/mol. The molecule has 0 aliphatic carbocycles. The van der Waals surface area contributed by atoms with Crippen LogP contribution in [0, 0.1) is 29.6 Å². The maximum absolute atomic E-state index is 9.08. The van der Waals surface area contributed by atoms with Crippen molar-refractivity contribution in [3.8, 4) is 29.4 Å². The standard InChI is InChI=1S/C16H12N2O2/c1-11-3-4-13(10-18)16(5-11)20-15-7-12(9-17)6-14(8-15)19-2/h3-8H,1-2H3. The zero-order chi connectivity index (χ0) is 14.5. The first-order valence-electron chi connectivity index (χ1n) is 5.94. The summed E-state index contributed by atoms with van der Waals surface area (Å²) in [5.74, 6) is 1.46. The lowest BCUT2D eigenvalue weighted by molar-refractivity contribution is 0.408. The predicted octanol–water partition coefficient (Wildman–Crippen LogP) is 3.54. The highest BCUT2D eigenvalue weighted by atomic mass is 16.5. The molecular formula is C16H12N2O2. The maximum Gasteiger partial charge on any atom is 0.145 e. The number of rotatable bonds is 3. The molecule has 0 heterocycles.